The summed E-state index contributed by atoms with van der Waals surface area (Å²) in [7, 11) is 0. The molecule has 0 unspecified atom stereocenters. The Hall–Kier alpha value is -0.490. The Labute approximate surface area is 134 Å². The van der Waals surface area contributed by atoms with Crippen LogP contribution >= 0.6 is 50.5 Å². The topological polar surface area (TPSA) is 37.0 Å². The third kappa shape index (κ3) is 3.99. The summed E-state index contributed by atoms with van der Waals surface area (Å²) in [6, 6.07) is 5.76. The lowest BCUT2D eigenvalue weighted by Crippen LogP contribution is -2.05. The van der Waals surface area contributed by atoms with Crippen molar-refractivity contribution in [2.75, 3.05) is 17.2 Å². The predicted octanol–water partition coefficient (Wildman–Crippen LogP) is 5.26. The molecule has 0 fully saturated rings. The highest BCUT2D eigenvalue weighted by molar-refractivity contribution is 9.11. The summed E-state index contributed by atoms with van der Waals surface area (Å²) in [6.45, 7) is 3.42. The van der Waals surface area contributed by atoms with E-state index in [1.54, 1.807) is 17.4 Å². The van der Waals surface area contributed by atoms with Gasteiger partial charge in [-0.2, -0.15) is 0 Å². The zero-order valence-corrected chi connectivity index (χ0v) is 14.0. The van der Waals surface area contributed by atoms with Crippen molar-refractivity contribution in [3.63, 3.8) is 0 Å². The average molecular weight is 381 g/mol. The smallest absolute Gasteiger partial charge is 0.147 e. The highest BCUT2D eigenvalue weighted by Gasteiger charge is 2.09. The molecule has 2 rings (SSSR count). The molecule has 3 nitrogen and oxygen atoms in total. The SMILES string of the molecule is CCNc1nc(NCc2ccc(Br)s2)c(Cl)cc1Cl. The molecular weight excluding hydrogens is 369 g/mol. The van der Waals surface area contributed by atoms with Gasteiger partial charge in [-0.25, -0.2) is 4.98 Å². The molecule has 7 heteroatoms. The maximum Gasteiger partial charge on any atom is 0.147 e. The van der Waals surface area contributed by atoms with E-state index in [2.05, 4.69) is 37.6 Å². The number of pyridine rings is 1. The predicted molar refractivity (Wildman–Crippen MR) is 87.8 cm³/mol. The van der Waals surface area contributed by atoms with Gasteiger partial charge in [-0.15, -0.1) is 11.3 Å². The quantitative estimate of drug-likeness (QED) is 0.742. The molecule has 2 N–H and O–H groups in total. The minimum absolute atomic E-state index is 0.516. The van der Waals surface area contributed by atoms with Gasteiger partial charge >= 0.3 is 0 Å². The van der Waals surface area contributed by atoms with Crippen molar-refractivity contribution in [2.45, 2.75) is 13.5 Å². The maximum atomic E-state index is 6.13. The minimum Gasteiger partial charge on any atom is -0.369 e. The molecule has 0 saturated carbocycles. The molecule has 0 atom stereocenters. The maximum absolute atomic E-state index is 6.13. The zero-order valence-electron chi connectivity index (χ0n) is 10.1. The fraction of sp³-hybridized carbons (Fsp3) is 0.250. The normalized spacial score (nSPS) is 10.5. The van der Waals surface area contributed by atoms with Gasteiger partial charge in [0.2, 0.25) is 0 Å². The third-order valence-electron chi connectivity index (χ3n) is 2.33. The molecule has 0 saturated heterocycles. The van der Waals surface area contributed by atoms with Crippen LogP contribution in [0.5, 0.6) is 0 Å². The number of thiophene rings is 1. The van der Waals surface area contributed by atoms with Gasteiger partial charge in [0, 0.05) is 11.4 Å². The van der Waals surface area contributed by atoms with Gasteiger partial charge < -0.3 is 10.6 Å². The van der Waals surface area contributed by atoms with E-state index in [0.717, 1.165) is 10.3 Å². The lowest BCUT2D eigenvalue weighted by molar-refractivity contribution is 1.11. The van der Waals surface area contributed by atoms with Crippen molar-refractivity contribution in [3.8, 4) is 0 Å². The van der Waals surface area contributed by atoms with Crippen LogP contribution in [0.1, 0.15) is 11.8 Å². The highest BCUT2D eigenvalue weighted by Crippen LogP contribution is 2.30. The second-order valence-corrected chi connectivity index (χ2v) is 7.10. The summed E-state index contributed by atoms with van der Waals surface area (Å²) in [5.41, 5.74) is 0. The Kier molecular flexibility index (Phi) is 5.33. The van der Waals surface area contributed by atoms with E-state index in [1.165, 1.54) is 4.88 Å². The molecule has 102 valence electrons. The number of rotatable bonds is 5. The number of halogens is 3. The van der Waals surface area contributed by atoms with E-state index in [1.807, 2.05) is 13.0 Å². The molecule has 0 aliphatic carbocycles. The molecule has 19 heavy (non-hydrogen) atoms. The summed E-state index contributed by atoms with van der Waals surface area (Å²) in [6.07, 6.45) is 0. The van der Waals surface area contributed by atoms with Crippen LogP contribution in [-0.2, 0) is 6.54 Å². The van der Waals surface area contributed by atoms with E-state index in [-0.39, 0.29) is 0 Å². The number of nitrogens with one attached hydrogen (secondary N) is 2. The van der Waals surface area contributed by atoms with Gasteiger partial charge in [0.1, 0.15) is 11.6 Å². The number of aromatic nitrogens is 1. The molecular formula is C12H12BrCl2N3S. The molecule has 2 aromatic heterocycles. The Bertz CT molecular complexity index is 574. The van der Waals surface area contributed by atoms with Crippen LogP contribution in [0.15, 0.2) is 22.0 Å². The molecule has 0 aliphatic rings. The van der Waals surface area contributed by atoms with E-state index < -0.39 is 0 Å². The van der Waals surface area contributed by atoms with Crippen molar-refractivity contribution >= 4 is 62.1 Å². The fourth-order valence-electron chi connectivity index (χ4n) is 1.50. The van der Waals surface area contributed by atoms with Crippen LogP contribution in [0.25, 0.3) is 0 Å². The average Bonchev–Trinajstić information content (AvgIpc) is 2.77. The van der Waals surface area contributed by atoms with Crippen molar-refractivity contribution in [3.05, 3.63) is 36.9 Å². The van der Waals surface area contributed by atoms with Crippen LogP contribution in [0.4, 0.5) is 11.6 Å². The van der Waals surface area contributed by atoms with Crippen LogP contribution in [0, 0.1) is 0 Å². The van der Waals surface area contributed by atoms with E-state index >= 15 is 0 Å². The van der Waals surface area contributed by atoms with Gasteiger partial charge in [0.05, 0.1) is 20.4 Å². The van der Waals surface area contributed by atoms with Gasteiger partial charge in [-0.3, -0.25) is 0 Å². The lowest BCUT2D eigenvalue weighted by Gasteiger charge is -2.11. The molecule has 2 aromatic rings. The fourth-order valence-corrected chi connectivity index (χ4v) is 3.41. The van der Waals surface area contributed by atoms with E-state index in [0.29, 0.717) is 28.2 Å². The molecule has 0 bridgehead atoms. The van der Waals surface area contributed by atoms with Gasteiger partial charge in [0.15, 0.2) is 0 Å². The Balaban J connectivity index is 2.13. The van der Waals surface area contributed by atoms with Crippen LogP contribution in [-0.4, -0.2) is 11.5 Å². The summed E-state index contributed by atoms with van der Waals surface area (Å²) in [5.74, 6) is 1.27. The van der Waals surface area contributed by atoms with Crippen molar-refractivity contribution in [2.24, 2.45) is 0 Å². The van der Waals surface area contributed by atoms with Crippen molar-refractivity contribution in [1.29, 1.82) is 0 Å². The first kappa shape index (κ1) is 14.9. The summed E-state index contributed by atoms with van der Waals surface area (Å²) in [4.78, 5) is 5.59. The summed E-state index contributed by atoms with van der Waals surface area (Å²) in [5, 5.41) is 7.36. The zero-order chi connectivity index (χ0) is 13.8. The second-order valence-electron chi connectivity index (χ2n) is 3.74. The summed E-state index contributed by atoms with van der Waals surface area (Å²) < 4.78 is 1.10. The Morgan fingerprint density at radius 2 is 1.89 bits per heavy atom. The Morgan fingerprint density at radius 3 is 2.47 bits per heavy atom. The summed E-state index contributed by atoms with van der Waals surface area (Å²) >= 11 is 17.3. The van der Waals surface area contributed by atoms with Crippen molar-refractivity contribution < 1.29 is 0 Å². The molecule has 0 amide bonds. The number of hydrogen-bond acceptors (Lipinski definition) is 4. The van der Waals surface area contributed by atoms with Gasteiger partial charge in [-0.05, 0) is 41.1 Å². The standard InChI is InChI=1S/C12H12BrCl2N3S/c1-2-16-11-8(14)5-9(15)12(18-11)17-6-7-3-4-10(13)19-7/h3-5H,2,6H2,1H3,(H2,16,17,18). The van der Waals surface area contributed by atoms with Crippen LogP contribution in [0.2, 0.25) is 10.0 Å². The van der Waals surface area contributed by atoms with E-state index in [4.69, 9.17) is 23.2 Å². The number of nitrogens with zero attached hydrogens (tertiary/aromatic N) is 1. The largest absolute Gasteiger partial charge is 0.369 e. The Morgan fingerprint density at radius 1 is 1.21 bits per heavy atom. The first-order valence-corrected chi connectivity index (χ1v) is 8.04. The van der Waals surface area contributed by atoms with Gasteiger partial charge in [0.25, 0.3) is 0 Å². The minimum atomic E-state index is 0.516. The molecule has 0 radical (unpaired) electrons. The molecule has 2 heterocycles. The van der Waals surface area contributed by atoms with Gasteiger partial charge in [-0.1, -0.05) is 23.2 Å². The van der Waals surface area contributed by atoms with Crippen molar-refractivity contribution in [1.82, 2.24) is 4.98 Å². The van der Waals surface area contributed by atoms with E-state index in [9.17, 15) is 0 Å². The molecule has 0 spiro atoms. The molecule has 0 aliphatic heterocycles. The first-order chi connectivity index (χ1) is 9.10. The molecule has 0 aromatic carbocycles. The number of hydrogen-bond donors (Lipinski definition) is 2. The first-order valence-electron chi connectivity index (χ1n) is 5.68. The monoisotopic (exact) mass is 379 g/mol. The lowest BCUT2D eigenvalue weighted by atomic mass is 10.4. The second kappa shape index (κ2) is 6.79. The third-order valence-corrected chi connectivity index (χ3v) is 4.53. The van der Waals surface area contributed by atoms with Crippen LogP contribution < -0.4 is 10.6 Å². The van der Waals surface area contributed by atoms with Crippen LogP contribution in [0.3, 0.4) is 0 Å². The highest BCUT2D eigenvalue weighted by atomic mass is 79.9. The number of anilines is 2.